The van der Waals surface area contributed by atoms with Gasteiger partial charge in [-0.15, -0.1) is 0 Å². The van der Waals surface area contributed by atoms with Gasteiger partial charge in [-0.2, -0.15) is 0 Å². The van der Waals surface area contributed by atoms with Crippen molar-refractivity contribution in [2.75, 3.05) is 19.0 Å². The Bertz CT molecular complexity index is 692. The molecular formula is C17H19N3O3S. The number of esters is 1. The maximum Gasteiger partial charge on any atom is 0.334 e. The Kier molecular flexibility index (Phi) is 7.22. The van der Waals surface area contributed by atoms with Gasteiger partial charge in [0.1, 0.15) is 5.76 Å². The van der Waals surface area contributed by atoms with E-state index in [4.69, 9.17) is 9.47 Å². The molecule has 0 spiro atoms. The van der Waals surface area contributed by atoms with E-state index in [1.54, 1.807) is 19.3 Å². The van der Waals surface area contributed by atoms with E-state index in [0.717, 1.165) is 11.4 Å². The predicted octanol–water partition coefficient (Wildman–Crippen LogP) is 3.11. The summed E-state index contributed by atoms with van der Waals surface area (Å²) in [6, 6.07) is 7.47. The summed E-state index contributed by atoms with van der Waals surface area (Å²) < 4.78 is 10.4. The summed E-state index contributed by atoms with van der Waals surface area (Å²) >= 11 is 1.39. The topological polar surface area (TPSA) is 74.2 Å². The molecule has 0 radical (unpaired) electrons. The lowest BCUT2D eigenvalue weighted by Crippen LogP contribution is -2.05. The average Bonchev–Trinajstić information content (AvgIpc) is 2.61. The molecule has 0 aromatic carbocycles. The molecule has 24 heavy (non-hydrogen) atoms. The van der Waals surface area contributed by atoms with Gasteiger partial charge < -0.3 is 9.47 Å². The summed E-state index contributed by atoms with van der Waals surface area (Å²) in [7, 11) is 0. The fourth-order valence-corrected chi connectivity index (χ4v) is 2.57. The van der Waals surface area contributed by atoms with Crippen molar-refractivity contribution in [3.63, 3.8) is 0 Å². The second kappa shape index (κ2) is 9.67. The lowest BCUT2D eigenvalue weighted by molar-refractivity contribution is -0.137. The zero-order chi connectivity index (χ0) is 17.2. The highest BCUT2D eigenvalue weighted by Gasteiger charge is 2.08. The second-order valence-electron chi connectivity index (χ2n) is 4.52. The first-order valence-corrected chi connectivity index (χ1v) is 8.58. The number of hydrogen-bond acceptors (Lipinski definition) is 7. The van der Waals surface area contributed by atoms with Crippen LogP contribution in [0.15, 0.2) is 53.7 Å². The minimum Gasteiger partial charge on any atom is -0.497 e. The van der Waals surface area contributed by atoms with Crippen molar-refractivity contribution in [1.29, 1.82) is 0 Å². The second-order valence-corrected chi connectivity index (χ2v) is 5.47. The van der Waals surface area contributed by atoms with Crippen molar-refractivity contribution < 1.29 is 14.3 Å². The van der Waals surface area contributed by atoms with Crippen molar-refractivity contribution in [3.05, 3.63) is 48.5 Å². The first kappa shape index (κ1) is 17.9. The van der Waals surface area contributed by atoms with Crippen LogP contribution in [0.3, 0.4) is 0 Å². The molecule has 0 aliphatic rings. The van der Waals surface area contributed by atoms with Crippen molar-refractivity contribution in [2.24, 2.45) is 0 Å². The fourth-order valence-electron chi connectivity index (χ4n) is 1.83. The van der Waals surface area contributed by atoms with Crippen LogP contribution in [0.2, 0.25) is 0 Å². The van der Waals surface area contributed by atoms with Gasteiger partial charge in [0.25, 0.3) is 0 Å². The van der Waals surface area contributed by atoms with Gasteiger partial charge in [-0.05, 0) is 32.0 Å². The van der Waals surface area contributed by atoms with E-state index < -0.39 is 5.97 Å². The quantitative estimate of drug-likeness (QED) is 0.239. The summed E-state index contributed by atoms with van der Waals surface area (Å²) in [6.45, 7) is 4.43. The highest BCUT2D eigenvalue weighted by atomic mass is 32.2. The average molecular weight is 345 g/mol. The number of pyridine rings is 1. The summed E-state index contributed by atoms with van der Waals surface area (Å²) in [6.07, 6.45) is 4.77. The molecule has 7 heteroatoms. The van der Waals surface area contributed by atoms with Crippen LogP contribution in [0.25, 0.3) is 11.4 Å². The van der Waals surface area contributed by atoms with E-state index in [9.17, 15) is 4.79 Å². The minimum atomic E-state index is -0.412. The predicted molar refractivity (Wildman–Crippen MR) is 92.3 cm³/mol. The van der Waals surface area contributed by atoms with Gasteiger partial charge in [-0.1, -0.05) is 17.8 Å². The molecule has 0 saturated heterocycles. The van der Waals surface area contributed by atoms with E-state index in [2.05, 4.69) is 15.0 Å². The Morgan fingerprint density at radius 2 is 1.92 bits per heavy atom. The highest BCUT2D eigenvalue weighted by molar-refractivity contribution is 7.99. The summed E-state index contributed by atoms with van der Waals surface area (Å²) in [4.78, 5) is 24.5. The molecule has 0 N–H and O–H groups in total. The van der Waals surface area contributed by atoms with E-state index in [-0.39, 0.29) is 0 Å². The van der Waals surface area contributed by atoms with Crippen LogP contribution in [-0.4, -0.2) is 39.9 Å². The normalized spacial score (nSPS) is 11.2. The number of thioether (sulfide) groups is 1. The Hall–Kier alpha value is -2.41. The third-order valence-electron chi connectivity index (χ3n) is 2.80. The molecule has 6 nitrogen and oxygen atoms in total. The van der Waals surface area contributed by atoms with E-state index in [0.29, 0.717) is 29.9 Å². The monoisotopic (exact) mass is 345 g/mol. The van der Waals surface area contributed by atoms with E-state index in [1.807, 2.05) is 31.2 Å². The molecule has 0 atom stereocenters. The molecule has 0 aliphatic carbocycles. The van der Waals surface area contributed by atoms with Crippen LogP contribution in [0.1, 0.15) is 13.8 Å². The Morgan fingerprint density at radius 1 is 1.08 bits per heavy atom. The molecule has 2 rings (SSSR count). The summed E-state index contributed by atoms with van der Waals surface area (Å²) in [5.41, 5.74) is 1.54. The molecule has 0 amide bonds. The van der Waals surface area contributed by atoms with Crippen LogP contribution < -0.4 is 0 Å². The number of ether oxygens (including phenoxy) is 2. The Morgan fingerprint density at radius 3 is 2.62 bits per heavy atom. The highest BCUT2D eigenvalue weighted by Crippen LogP contribution is 2.20. The first-order chi connectivity index (χ1) is 11.7. The van der Waals surface area contributed by atoms with Crippen LogP contribution in [0, 0.1) is 0 Å². The van der Waals surface area contributed by atoms with Crippen LogP contribution in [0.4, 0.5) is 0 Å². The fraction of sp³-hybridized carbons (Fsp3) is 0.294. The number of carbonyl (C=O) groups excluding carboxylic acids is 1. The number of nitrogens with zero attached hydrogens (tertiary/aromatic N) is 3. The molecule has 0 saturated carbocycles. The van der Waals surface area contributed by atoms with Crippen molar-refractivity contribution in [3.8, 4) is 11.4 Å². The third-order valence-corrected chi connectivity index (χ3v) is 3.68. The lowest BCUT2D eigenvalue weighted by Gasteiger charge is -2.08. The maximum atomic E-state index is 11.6. The van der Waals surface area contributed by atoms with Gasteiger partial charge in [-0.25, -0.2) is 14.8 Å². The minimum absolute atomic E-state index is 0.330. The van der Waals surface area contributed by atoms with Crippen molar-refractivity contribution >= 4 is 17.7 Å². The Balaban J connectivity index is 2.06. The number of aromatic nitrogens is 3. The molecule has 0 bridgehead atoms. The zero-order valence-electron chi connectivity index (χ0n) is 13.6. The Labute approximate surface area is 145 Å². The van der Waals surface area contributed by atoms with Gasteiger partial charge >= 0.3 is 5.97 Å². The molecule has 2 aromatic heterocycles. The number of rotatable bonds is 8. The van der Waals surface area contributed by atoms with Crippen molar-refractivity contribution in [2.45, 2.75) is 19.0 Å². The lowest BCUT2D eigenvalue weighted by atomic mass is 10.3. The SMILES string of the molecule is CCOC(=O)C=C(CSc1nccc(-c2ccccn2)n1)OCC. The smallest absolute Gasteiger partial charge is 0.334 e. The van der Waals surface area contributed by atoms with Gasteiger partial charge in [0.15, 0.2) is 5.16 Å². The van der Waals surface area contributed by atoms with Gasteiger partial charge in [0.2, 0.25) is 0 Å². The maximum absolute atomic E-state index is 11.6. The first-order valence-electron chi connectivity index (χ1n) is 7.60. The molecule has 126 valence electrons. The van der Waals surface area contributed by atoms with E-state index >= 15 is 0 Å². The molecule has 2 heterocycles. The van der Waals surface area contributed by atoms with E-state index in [1.165, 1.54) is 17.8 Å². The molecule has 0 unspecified atom stereocenters. The summed E-state index contributed by atoms with van der Waals surface area (Å²) in [5, 5.41) is 0.590. The zero-order valence-corrected chi connectivity index (χ0v) is 14.5. The molecular weight excluding hydrogens is 326 g/mol. The number of hydrogen-bond donors (Lipinski definition) is 0. The largest absolute Gasteiger partial charge is 0.497 e. The molecule has 0 aliphatic heterocycles. The molecule has 2 aromatic rings. The summed E-state index contributed by atoms with van der Waals surface area (Å²) in [5.74, 6) is 0.565. The third kappa shape index (κ3) is 5.66. The van der Waals surface area contributed by atoms with Crippen LogP contribution in [0.5, 0.6) is 0 Å². The number of carbonyl (C=O) groups is 1. The van der Waals surface area contributed by atoms with Gasteiger partial charge in [-0.3, -0.25) is 4.98 Å². The van der Waals surface area contributed by atoms with Gasteiger partial charge in [0.05, 0.1) is 36.4 Å². The molecule has 0 fully saturated rings. The van der Waals surface area contributed by atoms with Crippen LogP contribution in [-0.2, 0) is 14.3 Å². The van der Waals surface area contributed by atoms with Crippen LogP contribution >= 0.6 is 11.8 Å². The van der Waals surface area contributed by atoms with Crippen molar-refractivity contribution in [1.82, 2.24) is 15.0 Å². The van der Waals surface area contributed by atoms with Gasteiger partial charge in [0, 0.05) is 12.4 Å². The standard InChI is InChI=1S/C17H19N3O3S/c1-3-22-13(11-16(21)23-4-2)12-24-17-19-10-8-15(20-17)14-7-5-6-9-18-14/h5-11H,3-4,12H2,1-2H3.